The van der Waals surface area contributed by atoms with E-state index in [0.29, 0.717) is 4.88 Å². The van der Waals surface area contributed by atoms with Crippen LogP contribution in [0.4, 0.5) is 0 Å². The largest absolute Gasteiger partial charge is 0.477 e. The number of unbranched alkanes of at least 4 members (excludes halogenated alkanes) is 1. The predicted molar refractivity (Wildman–Crippen MR) is 81.4 cm³/mol. The summed E-state index contributed by atoms with van der Waals surface area (Å²) >= 11 is 1.36. The van der Waals surface area contributed by atoms with Gasteiger partial charge in [0, 0.05) is 0 Å². The van der Waals surface area contributed by atoms with E-state index in [1.54, 1.807) is 0 Å². The average molecular weight is 296 g/mol. The standard InChI is InChI=1S/C15H24N2O2S/c1-3-4-5-12-14(15(18)19)20-13(16-12)10-17-8-6-11(2)7-9-17/h11H,3-10H2,1-2H3,(H,18,19). The molecule has 1 aliphatic heterocycles. The molecule has 4 nitrogen and oxygen atoms in total. The minimum absolute atomic E-state index is 0.443. The van der Waals surface area contributed by atoms with Crippen LogP contribution in [0.2, 0.25) is 0 Å². The van der Waals surface area contributed by atoms with Gasteiger partial charge < -0.3 is 5.11 Å². The number of hydrogen-bond donors (Lipinski definition) is 1. The first-order valence-electron chi connectivity index (χ1n) is 7.54. The number of rotatable bonds is 6. The van der Waals surface area contributed by atoms with Crippen molar-refractivity contribution >= 4 is 17.3 Å². The van der Waals surface area contributed by atoms with Gasteiger partial charge >= 0.3 is 5.97 Å². The minimum atomic E-state index is -0.827. The fraction of sp³-hybridized carbons (Fsp3) is 0.733. The molecule has 20 heavy (non-hydrogen) atoms. The van der Waals surface area contributed by atoms with Gasteiger partial charge in [-0.05, 0) is 44.7 Å². The molecule has 0 aliphatic carbocycles. The highest BCUT2D eigenvalue weighted by Gasteiger charge is 2.20. The molecule has 5 heteroatoms. The van der Waals surface area contributed by atoms with E-state index in [-0.39, 0.29) is 0 Å². The van der Waals surface area contributed by atoms with Crippen LogP contribution < -0.4 is 0 Å². The van der Waals surface area contributed by atoms with Crippen molar-refractivity contribution < 1.29 is 9.90 Å². The van der Waals surface area contributed by atoms with Gasteiger partial charge in [-0.1, -0.05) is 20.3 Å². The van der Waals surface area contributed by atoms with Crippen molar-refractivity contribution in [3.63, 3.8) is 0 Å². The molecule has 0 unspecified atom stereocenters. The Hall–Kier alpha value is -0.940. The lowest BCUT2D eigenvalue weighted by Gasteiger charge is -2.29. The Morgan fingerprint density at radius 3 is 2.75 bits per heavy atom. The van der Waals surface area contributed by atoms with Gasteiger partial charge in [0.15, 0.2) is 0 Å². The highest BCUT2D eigenvalue weighted by Crippen LogP contribution is 2.24. The van der Waals surface area contributed by atoms with Gasteiger partial charge in [0.25, 0.3) is 0 Å². The Morgan fingerprint density at radius 1 is 1.45 bits per heavy atom. The number of aryl methyl sites for hydroxylation is 1. The average Bonchev–Trinajstić information content (AvgIpc) is 2.82. The van der Waals surface area contributed by atoms with Gasteiger partial charge in [0.05, 0.1) is 12.2 Å². The van der Waals surface area contributed by atoms with Gasteiger partial charge in [0.1, 0.15) is 9.88 Å². The number of carboxylic acids is 1. The molecule has 2 rings (SSSR count). The first-order valence-corrected chi connectivity index (χ1v) is 8.36. The van der Waals surface area contributed by atoms with Crippen LogP contribution in [0.25, 0.3) is 0 Å². The van der Waals surface area contributed by atoms with Crippen molar-refractivity contribution in [3.8, 4) is 0 Å². The summed E-state index contributed by atoms with van der Waals surface area (Å²) in [7, 11) is 0. The van der Waals surface area contributed by atoms with E-state index in [9.17, 15) is 9.90 Å². The lowest BCUT2D eigenvalue weighted by molar-refractivity contribution is 0.0700. The Morgan fingerprint density at radius 2 is 2.15 bits per heavy atom. The molecule has 1 aromatic rings. The van der Waals surface area contributed by atoms with Crippen molar-refractivity contribution in [2.75, 3.05) is 13.1 Å². The highest BCUT2D eigenvalue weighted by molar-refractivity contribution is 7.13. The number of aromatic nitrogens is 1. The molecule has 1 aliphatic rings. The SMILES string of the molecule is CCCCc1nc(CN2CCC(C)CC2)sc1C(=O)O. The molecule has 0 atom stereocenters. The van der Waals surface area contributed by atoms with Crippen molar-refractivity contribution in [1.82, 2.24) is 9.88 Å². The topological polar surface area (TPSA) is 53.4 Å². The quantitative estimate of drug-likeness (QED) is 0.874. The lowest BCUT2D eigenvalue weighted by Crippen LogP contribution is -2.32. The molecular formula is C15H24N2O2S. The Balaban J connectivity index is 2.02. The summed E-state index contributed by atoms with van der Waals surface area (Å²) in [5.41, 5.74) is 0.782. The first kappa shape index (κ1) is 15.4. The zero-order valence-corrected chi connectivity index (χ0v) is 13.2. The van der Waals surface area contributed by atoms with Crippen molar-refractivity contribution in [2.45, 2.75) is 52.5 Å². The number of piperidine rings is 1. The summed E-state index contributed by atoms with van der Waals surface area (Å²) < 4.78 is 0. The van der Waals surface area contributed by atoms with E-state index in [0.717, 1.165) is 55.5 Å². The van der Waals surface area contributed by atoms with Gasteiger partial charge in [-0.25, -0.2) is 9.78 Å². The maximum Gasteiger partial charge on any atom is 0.347 e. The molecule has 0 saturated carbocycles. The number of hydrogen-bond acceptors (Lipinski definition) is 4. The maximum absolute atomic E-state index is 11.3. The second kappa shape index (κ2) is 7.18. The summed E-state index contributed by atoms with van der Waals surface area (Å²) in [4.78, 5) is 18.7. The molecule has 0 amide bonds. The summed E-state index contributed by atoms with van der Waals surface area (Å²) in [5.74, 6) is -0.00985. The normalized spacial score (nSPS) is 17.5. The predicted octanol–water partition coefficient (Wildman–Crippen LogP) is 3.42. The number of carbonyl (C=O) groups is 1. The number of thiazole rings is 1. The molecule has 0 aromatic carbocycles. The van der Waals surface area contributed by atoms with Crippen LogP contribution in [0, 0.1) is 5.92 Å². The number of aromatic carboxylic acids is 1. The Labute approximate surface area is 124 Å². The maximum atomic E-state index is 11.3. The van der Waals surface area contributed by atoms with E-state index in [1.165, 1.54) is 24.2 Å². The summed E-state index contributed by atoms with van der Waals surface area (Å²) in [6.07, 6.45) is 5.33. The third-order valence-corrected chi connectivity index (χ3v) is 5.01. The third-order valence-electron chi connectivity index (χ3n) is 3.94. The molecule has 1 fully saturated rings. The van der Waals surface area contributed by atoms with Crippen LogP contribution in [-0.2, 0) is 13.0 Å². The van der Waals surface area contributed by atoms with Crippen LogP contribution in [-0.4, -0.2) is 34.0 Å². The van der Waals surface area contributed by atoms with Crippen LogP contribution in [0.1, 0.15) is 59.9 Å². The van der Waals surface area contributed by atoms with Gasteiger partial charge in [-0.2, -0.15) is 0 Å². The molecule has 112 valence electrons. The van der Waals surface area contributed by atoms with E-state index < -0.39 is 5.97 Å². The van der Waals surface area contributed by atoms with Crippen molar-refractivity contribution in [2.24, 2.45) is 5.92 Å². The van der Waals surface area contributed by atoms with E-state index >= 15 is 0 Å². The molecule has 1 saturated heterocycles. The summed E-state index contributed by atoms with van der Waals surface area (Å²) in [6, 6.07) is 0. The molecule has 1 N–H and O–H groups in total. The van der Waals surface area contributed by atoms with Gasteiger partial charge in [0.2, 0.25) is 0 Å². The fourth-order valence-corrected chi connectivity index (χ4v) is 3.55. The zero-order chi connectivity index (χ0) is 14.5. The van der Waals surface area contributed by atoms with Crippen LogP contribution in [0.15, 0.2) is 0 Å². The number of nitrogens with zero attached hydrogens (tertiary/aromatic N) is 2. The molecule has 0 spiro atoms. The molecule has 2 heterocycles. The molecule has 1 aromatic heterocycles. The number of likely N-dealkylation sites (tertiary alicyclic amines) is 1. The van der Waals surface area contributed by atoms with Gasteiger partial charge in [-0.3, -0.25) is 4.90 Å². The molecule has 0 bridgehead atoms. The summed E-state index contributed by atoms with van der Waals surface area (Å²) in [6.45, 7) is 7.43. The fourth-order valence-electron chi connectivity index (χ4n) is 2.56. The minimum Gasteiger partial charge on any atom is -0.477 e. The smallest absolute Gasteiger partial charge is 0.347 e. The second-order valence-corrected chi connectivity index (χ2v) is 6.83. The first-order chi connectivity index (χ1) is 9.60. The third kappa shape index (κ3) is 4.03. The van der Waals surface area contributed by atoms with Crippen LogP contribution in [0.5, 0.6) is 0 Å². The lowest BCUT2D eigenvalue weighted by atomic mass is 9.99. The Kier molecular flexibility index (Phi) is 5.54. The van der Waals surface area contributed by atoms with Crippen molar-refractivity contribution in [3.05, 3.63) is 15.6 Å². The van der Waals surface area contributed by atoms with E-state index in [2.05, 4.69) is 23.7 Å². The van der Waals surface area contributed by atoms with E-state index in [1.807, 2.05) is 0 Å². The van der Waals surface area contributed by atoms with Crippen LogP contribution >= 0.6 is 11.3 Å². The molecular weight excluding hydrogens is 272 g/mol. The Bertz CT molecular complexity index is 451. The summed E-state index contributed by atoms with van der Waals surface area (Å²) in [5, 5.41) is 10.2. The monoisotopic (exact) mass is 296 g/mol. The van der Waals surface area contributed by atoms with Gasteiger partial charge in [-0.15, -0.1) is 11.3 Å². The zero-order valence-electron chi connectivity index (χ0n) is 12.4. The second-order valence-electron chi connectivity index (χ2n) is 5.75. The van der Waals surface area contributed by atoms with E-state index in [4.69, 9.17) is 0 Å². The number of carboxylic acid groups (broad SMARTS) is 1. The van der Waals surface area contributed by atoms with Crippen molar-refractivity contribution in [1.29, 1.82) is 0 Å². The molecule has 0 radical (unpaired) electrons. The van der Waals surface area contributed by atoms with Crippen LogP contribution in [0.3, 0.4) is 0 Å². The highest BCUT2D eigenvalue weighted by atomic mass is 32.1.